The lowest BCUT2D eigenvalue weighted by molar-refractivity contribution is 0.0988. The van der Waals surface area contributed by atoms with Crippen molar-refractivity contribution in [2.45, 2.75) is 19.8 Å². The number of pyridine rings is 1. The number of amides is 1. The monoisotopic (exact) mass is 320 g/mol. The Labute approximate surface area is 142 Å². The quantitative estimate of drug-likeness (QED) is 0.765. The number of anilines is 1. The van der Waals surface area contributed by atoms with Crippen molar-refractivity contribution in [3.63, 3.8) is 0 Å². The van der Waals surface area contributed by atoms with E-state index in [1.807, 2.05) is 31.2 Å². The number of benzene rings is 1. The van der Waals surface area contributed by atoms with E-state index < -0.39 is 0 Å². The van der Waals surface area contributed by atoms with E-state index >= 15 is 0 Å². The van der Waals surface area contributed by atoms with Crippen LogP contribution in [0.15, 0.2) is 42.6 Å². The van der Waals surface area contributed by atoms with Crippen LogP contribution < -0.4 is 9.64 Å². The van der Waals surface area contributed by atoms with Crippen LogP contribution in [0.3, 0.4) is 0 Å². The minimum atomic E-state index is -0.104. The average molecular weight is 320 g/mol. The van der Waals surface area contributed by atoms with Crippen molar-refractivity contribution in [1.82, 2.24) is 4.98 Å². The van der Waals surface area contributed by atoms with Crippen molar-refractivity contribution < 1.29 is 9.53 Å². The summed E-state index contributed by atoms with van der Waals surface area (Å²) in [6.45, 7) is 3.19. The fraction of sp³-hybridized carbons (Fsp3) is 0.300. The van der Waals surface area contributed by atoms with Gasteiger partial charge in [0.05, 0.1) is 12.2 Å². The van der Waals surface area contributed by atoms with Crippen LogP contribution in [-0.4, -0.2) is 24.0 Å². The van der Waals surface area contributed by atoms with Crippen molar-refractivity contribution >= 4 is 11.6 Å². The molecule has 1 aliphatic rings. The molecule has 1 heterocycles. The third kappa shape index (κ3) is 3.75. The number of ether oxygens (including phenoxy) is 1. The zero-order chi connectivity index (χ0) is 16.9. The summed E-state index contributed by atoms with van der Waals surface area (Å²) in [5.74, 6) is 3.73. The molecule has 1 aromatic carbocycles. The molecule has 1 amide bonds. The van der Waals surface area contributed by atoms with E-state index in [1.165, 1.54) is 12.8 Å². The molecule has 0 aliphatic heterocycles. The molecular weight excluding hydrogens is 300 g/mol. The predicted octanol–water partition coefficient (Wildman–Crippen LogP) is 3.52. The highest BCUT2D eigenvalue weighted by atomic mass is 16.5. The maximum atomic E-state index is 12.8. The van der Waals surface area contributed by atoms with E-state index in [9.17, 15) is 4.79 Å². The maximum Gasteiger partial charge on any atom is 0.259 e. The molecule has 24 heavy (non-hydrogen) atoms. The summed E-state index contributed by atoms with van der Waals surface area (Å²) in [5, 5.41) is 0. The number of rotatable bonds is 6. The predicted molar refractivity (Wildman–Crippen MR) is 94.2 cm³/mol. The van der Waals surface area contributed by atoms with Gasteiger partial charge in [-0.1, -0.05) is 12.0 Å². The zero-order valence-corrected chi connectivity index (χ0v) is 13.7. The first-order valence-corrected chi connectivity index (χ1v) is 8.18. The minimum absolute atomic E-state index is 0.104. The molecule has 4 nitrogen and oxygen atoms in total. The molecule has 1 saturated carbocycles. The molecular formula is C20H20N2O2. The van der Waals surface area contributed by atoms with Gasteiger partial charge in [-0.2, -0.15) is 0 Å². The number of carbonyl (C=O) groups is 1. The zero-order valence-electron chi connectivity index (χ0n) is 13.7. The van der Waals surface area contributed by atoms with Crippen molar-refractivity contribution in [3.05, 3.63) is 53.7 Å². The second-order valence-electron chi connectivity index (χ2n) is 5.88. The standard InChI is InChI=1S/C20H20N2O2/c1-3-15-6-5-7-18(12-15)22(4-2)20(23)17-10-11-19(21-13-17)24-14-16-8-9-16/h1,5-7,10-13,16H,4,8-9,14H2,2H3. The third-order valence-corrected chi connectivity index (χ3v) is 4.03. The van der Waals surface area contributed by atoms with Crippen LogP contribution in [-0.2, 0) is 0 Å². The molecule has 0 N–H and O–H groups in total. The van der Waals surface area contributed by atoms with Crippen LogP contribution >= 0.6 is 0 Å². The summed E-state index contributed by atoms with van der Waals surface area (Å²) in [7, 11) is 0. The molecule has 4 heteroatoms. The molecule has 1 aromatic heterocycles. The Morgan fingerprint density at radius 1 is 1.38 bits per heavy atom. The summed E-state index contributed by atoms with van der Waals surface area (Å²) >= 11 is 0. The number of hydrogen-bond acceptors (Lipinski definition) is 3. The van der Waals surface area contributed by atoms with Crippen LogP contribution in [0, 0.1) is 18.3 Å². The molecule has 0 radical (unpaired) electrons. The molecule has 0 unspecified atom stereocenters. The van der Waals surface area contributed by atoms with Crippen molar-refractivity contribution in [1.29, 1.82) is 0 Å². The van der Waals surface area contributed by atoms with Crippen molar-refractivity contribution in [2.75, 3.05) is 18.1 Å². The van der Waals surface area contributed by atoms with Gasteiger partial charge >= 0.3 is 0 Å². The first kappa shape index (κ1) is 16.1. The van der Waals surface area contributed by atoms with E-state index in [0.717, 1.165) is 11.3 Å². The van der Waals surface area contributed by atoms with Crippen LogP contribution in [0.1, 0.15) is 35.7 Å². The Hall–Kier alpha value is -2.80. The van der Waals surface area contributed by atoms with Crippen LogP contribution in [0.25, 0.3) is 0 Å². The summed E-state index contributed by atoms with van der Waals surface area (Å²) < 4.78 is 5.61. The van der Waals surface area contributed by atoms with Gasteiger partial charge in [0.2, 0.25) is 5.88 Å². The second kappa shape index (κ2) is 7.18. The van der Waals surface area contributed by atoms with Gasteiger partial charge in [0.1, 0.15) is 0 Å². The summed E-state index contributed by atoms with van der Waals surface area (Å²) in [6, 6.07) is 10.9. The Morgan fingerprint density at radius 3 is 2.83 bits per heavy atom. The van der Waals surface area contributed by atoms with Gasteiger partial charge in [-0.25, -0.2) is 4.98 Å². The highest BCUT2D eigenvalue weighted by Gasteiger charge is 2.22. The average Bonchev–Trinajstić information content (AvgIpc) is 3.45. The first-order chi connectivity index (χ1) is 11.7. The van der Waals surface area contributed by atoms with Gasteiger partial charge in [0.25, 0.3) is 5.91 Å². The van der Waals surface area contributed by atoms with E-state index in [4.69, 9.17) is 11.2 Å². The highest BCUT2D eigenvalue weighted by molar-refractivity contribution is 6.06. The summed E-state index contributed by atoms with van der Waals surface area (Å²) in [6.07, 6.45) is 9.48. The summed E-state index contributed by atoms with van der Waals surface area (Å²) in [4.78, 5) is 18.7. The van der Waals surface area contributed by atoms with Gasteiger partial charge in [-0.3, -0.25) is 4.79 Å². The second-order valence-corrected chi connectivity index (χ2v) is 5.88. The number of nitrogens with zero attached hydrogens (tertiary/aromatic N) is 2. The topological polar surface area (TPSA) is 42.4 Å². The van der Waals surface area contributed by atoms with Gasteiger partial charge < -0.3 is 9.64 Å². The largest absolute Gasteiger partial charge is 0.477 e. The molecule has 1 fully saturated rings. The third-order valence-electron chi connectivity index (χ3n) is 4.03. The smallest absolute Gasteiger partial charge is 0.259 e. The van der Waals surface area contributed by atoms with Crippen molar-refractivity contribution in [2.24, 2.45) is 5.92 Å². The summed E-state index contributed by atoms with van der Waals surface area (Å²) in [5.41, 5.74) is 2.06. The highest BCUT2D eigenvalue weighted by Crippen LogP contribution is 2.29. The molecule has 0 atom stereocenters. The molecule has 2 aromatic rings. The number of aromatic nitrogens is 1. The fourth-order valence-corrected chi connectivity index (χ4v) is 2.44. The van der Waals surface area contributed by atoms with Crippen LogP contribution in [0.4, 0.5) is 5.69 Å². The minimum Gasteiger partial charge on any atom is -0.477 e. The molecule has 0 bridgehead atoms. The van der Waals surface area contributed by atoms with E-state index in [-0.39, 0.29) is 5.91 Å². The SMILES string of the molecule is C#Cc1cccc(N(CC)C(=O)c2ccc(OCC3CC3)nc2)c1. The van der Waals surface area contributed by atoms with Gasteiger partial charge in [-0.05, 0) is 49.9 Å². The molecule has 0 spiro atoms. The lowest BCUT2D eigenvalue weighted by atomic mass is 10.1. The molecule has 3 rings (SSSR count). The fourth-order valence-electron chi connectivity index (χ4n) is 2.44. The Morgan fingerprint density at radius 2 is 2.21 bits per heavy atom. The maximum absolute atomic E-state index is 12.8. The normalized spacial score (nSPS) is 13.2. The molecule has 1 aliphatic carbocycles. The Balaban J connectivity index is 1.74. The van der Waals surface area contributed by atoms with Gasteiger partial charge in [0.15, 0.2) is 0 Å². The van der Waals surface area contributed by atoms with E-state index in [2.05, 4.69) is 10.9 Å². The number of terminal acetylenes is 1. The Kier molecular flexibility index (Phi) is 4.81. The van der Waals surface area contributed by atoms with E-state index in [0.29, 0.717) is 30.5 Å². The van der Waals surface area contributed by atoms with Crippen LogP contribution in [0.5, 0.6) is 5.88 Å². The Bertz CT molecular complexity index is 758. The number of carbonyl (C=O) groups excluding carboxylic acids is 1. The van der Waals surface area contributed by atoms with Crippen LogP contribution in [0.2, 0.25) is 0 Å². The number of hydrogen-bond donors (Lipinski definition) is 0. The van der Waals surface area contributed by atoms with Gasteiger partial charge in [0, 0.05) is 30.1 Å². The molecule has 122 valence electrons. The first-order valence-electron chi connectivity index (χ1n) is 8.18. The lowest BCUT2D eigenvalue weighted by Gasteiger charge is -2.21. The molecule has 0 saturated heterocycles. The van der Waals surface area contributed by atoms with E-state index in [1.54, 1.807) is 23.2 Å². The van der Waals surface area contributed by atoms with Crippen molar-refractivity contribution in [3.8, 4) is 18.2 Å². The lowest BCUT2D eigenvalue weighted by Crippen LogP contribution is -2.30. The van der Waals surface area contributed by atoms with Gasteiger partial charge in [-0.15, -0.1) is 6.42 Å².